The van der Waals surface area contributed by atoms with Gasteiger partial charge in [0.25, 0.3) is 5.91 Å². The number of likely N-dealkylation sites (tertiary alicyclic amines) is 1. The third-order valence-corrected chi connectivity index (χ3v) is 7.26. The summed E-state index contributed by atoms with van der Waals surface area (Å²) in [6.07, 6.45) is 4.74. The molecular formula is C20H27N3O4S. The van der Waals surface area contributed by atoms with Crippen LogP contribution in [-0.4, -0.2) is 62.2 Å². The van der Waals surface area contributed by atoms with Crippen molar-refractivity contribution in [2.75, 3.05) is 32.7 Å². The molecule has 1 aromatic carbocycles. The first-order chi connectivity index (χ1) is 13.4. The van der Waals surface area contributed by atoms with Crippen LogP contribution in [-0.2, 0) is 14.8 Å². The molecule has 0 saturated carbocycles. The summed E-state index contributed by atoms with van der Waals surface area (Å²) in [6, 6.07) is 6.05. The largest absolute Gasteiger partial charge is 0.349 e. The van der Waals surface area contributed by atoms with Crippen molar-refractivity contribution in [3.8, 4) is 0 Å². The molecule has 0 spiro atoms. The number of hydrogen-bond donors (Lipinski definition) is 1. The Hall–Kier alpha value is -2.19. The molecule has 152 valence electrons. The van der Waals surface area contributed by atoms with Crippen LogP contribution in [0.25, 0.3) is 0 Å². The van der Waals surface area contributed by atoms with Crippen LogP contribution in [0, 0.1) is 5.92 Å². The van der Waals surface area contributed by atoms with E-state index in [9.17, 15) is 18.0 Å². The summed E-state index contributed by atoms with van der Waals surface area (Å²) in [7, 11) is -3.70. The smallest absolute Gasteiger partial charge is 0.251 e. The number of amides is 2. The van der Waals surface area contributed by atoms with Gasteiger partial charge in [0.15, 0.2) is 0 Å². The van der Waals surface area contributed by atoms with E-state index in [-0.39, 0.29) is 22.6 Å². The van der Waals surface area contributed by atoms with E-state index in [0.717, 1.165) is 25.9 Å². The van der Waals surface area contributed by atoms with Crippen LogP contribution in [0.3, 0.4) is 0 Å². The molecule has 2 saturated heterocycles. The zero-order chi connectivity index (χ0) is 20.1. The lowest BCUT2D eigenvalue weighted by molar-refractivity contribution is -0.135. The lowest BCUT2D eigenvalue weighted by Gasteiger charge is -2.32. The van der Waals surface area contributed by atoms with Crippen molar-refractivity contribution in [2.45, 2.75) is 30.6 Å². The Labute approximate surface area is 166 Å². The van der Waals surface area contributed by atoms with Gasteiger partial charge in [0.1, 0.15) is 0 Å². The summed E-state index contributed by atoms with van der Waals surface area (Å²) in [5.74, 6) is -0.275. The number of sulfonamides is 1. The first-order valence-corrected chi connectivity index (χ1v) is 11.2. The van der Waals surface area contributed by atoms with E-state index in [2.05, 4.69) is 11.9 Å². The highest BCUT2D eigenvalue weighted by atomic mass is 32.2. The second kappa shape index (κ2) is 8.87. The Kier molecular flexibility index (Phi) is 6.51. The van der Waals surface area contributed by atoms with Crippen molar-refractivity contribution in [2.24, 2.45) is 5.92 Å². The van der Waals surface area contributed by atoms with E-state index in [1.54, 1.807) is 18.2 Å². The Balaban J connectivity index is 1.66. The van der Waals surface area contributed by atoms with Gasteiger partial charge in [0.05, 0.1) is 4.90 Å². The van der Waals surface area contributed by atoms with Gasteiger partial charge in [-0.1, -0.05) is 12.1 Å². The number of hydrogen-bond acceptors (Lipinski definition) is 4. The Morgan fingerprint density at radius 1 is 1.14 bits per heavy atom. The van der Waals surface area contributed by atoms with Gasteiger partial charge in [-0.25, -0.2) is 8.42 Å². The van der Waals surface area contributed by atoms with E-state index >= 15 is 0 Å². The van der Waals surface area contributed by atoms with Gasteiger partial charge in [-0.15, -0.1) is 6.58 Å². The number of carbonyl (C=O) groups excluding carboxylic acids is 2. The van der Waals surface area contributed by atoms with Crippen LogP contribution in [0.1, 0.15) is 36.0 Å². The van der Waals surface area contributed by atoms with E-state index in [1.807, 2.05) is 4.90 Å². The molecule has 1 N–H and O–H groups in total. The van der Waals surface area contributed by atoms with Gasteiger partial charge in [-0.3, -0.25) is 9.59 Å². The second-order valence-corrected chi connectivity index (χ2v) is 9.18. The van der Waals surface area contributed by atoms with Crippen LogP contribution in [0.5, 0.6) is 0 Å². The molecule has 0 radical (unpaired) electrons. The average Bonchev–Trinajstić information content (AvgIpc) is 3.26. The van der Waals surface area contributed by atoms with Gasteiger partial charge in [-0.2, -0.15) is 4.31 Å². The van der Waals surface area contributed by atoms with Crippen LogP contribution >= 0.6 is 0 Å². The SMILES string of the molecule is C=CCNC(=O)c1cccc(S(=O)(=O)N2CCC(C(=O)N3CCCC3)CC2)c1. The molecule has 0 unspecified atom stereocenters. The number of carbonyl (C=O) groups is 2. The quantitative estimate of drug-likeness (QED) is 0.729. The number of rotatable bonds is 6. The predicted octanol–water partition coefficient (Wildman–Crippen LogP) is 1.63. The Morgan fingerprint density at radius 2 is 1.82 bits per heavy atom. The van der Waals surface area contributed by atoms with E-state index in [0.29, 0.717) is 38.0 Å². The minimum atomic E-state index is -3.70. The average molecular weight is 406 g/mol. The standard InChI is InChI=1S/C20H27N3O4S/c1-2-10-21-19(24)17-6-5-7-18(15-17)28(26,27)23-13-8-16(9-14-23)20(25)22-11-3-4-12-22/h2,5-7,15-16H,1,3-4,8-14H2,(H,21,24). The molecule has 28 heavy (non-hydrogen) atoms. The summed E-state index contributed by atoms with van der Waals surface area (Å²) in [5, 5.41) is 2.64. The van der Waals surface area contributed by atoms with Crippen LogP contribution in [0.2, 0.25) is 0 Å². The second-order valence-electron chi connectivity index (χ2n) is 7.24. The lowest BCUT2D eigenvalue weighted by Crippen LogP contribution is -2.43. The lowest BCUT2D eigenvalue weighted by atomic mass is 9.97. The highest BCUT2D eigenvalue weighted by molar-refractivity contribution is 7.89. The molecule has 0 atom stereocenters. The summed E-state index contributed by atoms with van der Waals surface area (Å²) < 4.78 is 27.4. The van der Waals surface area contributed by atoms with Crippen molar-refractivity contribution in [3.63, 3.8) is 0 Å². The molecule has 8 heteroatoms. The molecule has 2 amide bonds. The van der Waals surface area contributed by atoms with Crippen LogP contribution < -0.4 is 5.32 Å². The number of nitrogens with one attached hydrogen (secondary N) is 1. The fourth-order valence-corrected chi connectivity index (χ4v) is 5.27. The molecule has 2 aliphatic rings. The molecule has 0 aromatic heterocycles. The molecule has 2 aliphatic heterocycles. The van der Waals surface area contributed by atoms with Gasteiger partial charge >= 0.3 is 0 Å². The first-order valence-electron chi connectivity index (χ1n) is 9.71. The third-order valence-electron chi connectivity index (χ3n) is 5.36. The number of piperidine rings is 1. The summed E-state index contributed by atoms with van der Waals surface area (Å²) >= 11 is 0. The minimum Gasteiger partial charge on any atom is -0.349 e. The molecule has 0 aliphatic carbocycles. The normalized spacial score (nSPS) is 18.8. The molecule has 1 aromatic rings. The molecule has 3 rings (SSSR count). The topological polar surface area (TPSA) is 86.8 Å². The van der Waals surface area contributed by atoms with E-state index in [4.69, 9.17) is 0 Å². The van der Waals surface area contributed by atoms with Gasteiger partial charge in [-0.05, 0) is 43.9 Å². The van der Waals surface area contributed by atoms with E-state index < -0.39 is 10.0 Å². The van der Waals surface area contributed by atoms with Crippen molar-refractivity contribution in [3.05, 3.63) is 42.5 Å². The number of nitrogens with zero attached hydrogens (tertiary/aromatic N) is 2. The highest BCUT2D eigenvalue weighted by Gasteiger charge is 2.34. The highest BCUT2D eigenvalue weighted by Crippen LogP contribution is 2.26. The summed E-state index contributed by atoms with van der Waals surface area (Å²) in [5.41, 5.74) is 0.294. The molecule has 0 bridgehead atoms. The summed E-state index contributed by atoms with van der Waals surface area (Å²) in [6.45, 7) is 6.13. The van der Waals surface area contributed by atoms with Gasteiger partial charge in [0, 0.05) is 44.2 Å². The predicted molar refractivity (Wildman–Crippen MR) is 106 cm³/mol. The molecule has 2 fully saturated rings. The number of benzene rings is 1. The third kappa shape index (κ3) is 4.44. The maximum Gasteiger partial charge on any atom is 0.251 e. The van der Waals surface area contributed by atoms with Crippen molar-refractivity contribution in [1.29, 1.82) is 0 Å². The molecular weight excluding hydrogens is 378 g/mol. The molecule has 7 nitrogen and oxygen atoms in total. The maximum atomic E-state index is 13.0. The van der Waals surface area contributed by atoms with Gasteiger partial charge in [0.2, 0.25) is 15.9 Å². The Morgan fingerprint density at radius 3 is 2.46 bits per heavy atom. The van der Waals surface area contributed by atoms with E-state index in [1.165, 1.54) is 16.4 Å². The monoisotopic (exact) mass is 405 g/mol. The first kappa shape index (κ1) is 20.5. The van der Waals surface area contributed by atoms with Gasteiger partial charge < -0.3 is 10.2 Å². The molecule has 2 heterocycles. The van der Waals surface area contributed by atoms with Crippen molar-refractivity contribution in [1.82, 2.24) is 14.5 Å². The minimum absolute atomic E-state index is 0.0967. The van der Waals surface area contributed by atoms with Crippen molar-refractivity contribution >= 4 is 21.8 Å². The zero-order valence-electron chi connectivity index (χ0n) is 16.0. The fraction of sp³-hybridized carbons (Fsp3) is 0.500. The fourth-order valence-electron chi connectivity index (χ4n) is 3.75. The van der Waals surface area contributed by atoms with Crippen LogP contribution in [0.15, 0.2) is 41.8 Å². The van der Waals surface area contributed by atoms with Crippen molar-refractivity contribution < 1.29 is 18.0 Å². The summed E-state index contributed by atoms with van der Waals surface area (Å²) in [4.78, 5) is 26.6. The Bertz CT molecular complexity index is 839. The van der Waals surface area contributed by atoms with Crippen LogP contribution in [0.4, 0.5) is 0 Å². The maximum absolute atomic E-state index is 13.0. The zero-order valence-corrected chi connectivity index (χ0v) is 16.8.